The summed E-state index contributed by atoms with van der Waals surface area (Å²) in [6.07, 6.45) is 0. The molecule has 0 unspecified atom stereocenters. The fourth-order valence-corrected chi connectivity index (χ4v) is 1.37. The van der Waals surface area contributed by atoms with Crippen molar-refractivity contribution in [2.75, 3.05) is 7.11 Å². The van der Waals surface area contributed by atoms with Gasteiger partial charge >= 0.3 is 0 Å². The van der Waals surface area contributed by atoms with E-state index in [1.807, 2.05) is 24.3 Å². The molecule has 4 nitrogen and oxygen atoms in total. The minimum atomic E-state index is 0.330. The minimum absolute atomic E-state index is 0.330. The van der Waals surface area contributed by atoms with Gasteiger partial charge in [0.15, 0.2) is 5.82 Å². The lowest BCUT2D eigenvalue weighted by Gasteiger charge is -2.00. The summed E-state index contributed by atoms with van der Waals surface area (Å²) in [5.41, 5.74) is 0.905. The van der Waals surface area contributed by atoms with Gasteiger partial charge in [0.05, 0.1) is 13.0 Å². The fourth-order valence-electron chi connectivity index (χ4n) is 1.25. The number of alkyl halides is 1. The Balaban J connectivity index is 2.35. The van der Waals surface area contributed by atoms with Crippen LogP contribution in [0.3, 0.4) is 0 Å². The van der Waals surface area contributed by atoms with Crippen molar-refractivity contribution in [2.45, 2.75) is 5.88 Å². The number of methoxy groups -OCH3 is 1. The zero-order chi connectivity index (χ0) is 10.7. The molecule has 5 heteroatoms. The van der Waals surface area contributed by atoms with Crippen LogP contribution in [0.1, 0.15) is 5.82 Å². The van der Waals surface area contributed by atoms with Crippen LogP contribution < -0.4 is 4.74 Å². The number of nitrogens with zero attached hydrogens (tertiary/aromatic N) is 2. The molecule has 1 aromatic heterocycles. The summed E-state index contributed by atoms with van der Waals surface area (Å²) in [4.78, 5) is 4.22. The lowest BCUT2D eigenvalue weighted by atomic mass is 10.2. The van der Waals surface area contributed by atoms with E-state index in [0.717, 1.165) is 11.3 Å². The van der Waals surface area contributed by atoms with Crippen molar-refractivity contribution in [1.29, 1.82) is 0 Å². The number of rotatable bonds is 3. The van der Waals surface area contributed by atoms with Gasteiger partial charge in [-0.2, -0.15) is 5.10 Å². The molecular formula is C10H10ClN3O. The van der Waals surface area contributed by atoms with Crippen molar-refractivity contribution in [1.82, 2.24) is 15.2 Å². The first-order chi connectivity index (χ1) is 7.33. The van der Waals surface area contributed by atoms with Gasteiger partial charge in [-0.1, -0.05) is 12.1 Å². The molecule has 1 aromatic carbocycles. The van der Waals surface area contributed by atoms with Gasteiger partial charge in [-0.25, -0.2) is 4.98 Å². The van der Waals surface area contributed by atoms with E-state index in [0.29, 0.717) is 17.5 Å². The predicted octanol–water partition coefficient (Wildman–Crippen LogP) is 2.22. The lowest BCUT2D eigenvalue weighted by Crippen LogP contribution is -1.85. The molecule has 15 heavy (non-hydrogen) atoms. The quantitative estimate of drug-likeness (QED) is 0.812. The Morgan fingerprint density at radius 1 is 1.47 bits per heavy atom. The molecule has 1 N–H and O–H groups in total. The maximum absolute atomic E-state index is 5.63. The number of aromatic amines is 1. The van der Waals surface area contributed by atoms with Crippen LogP contribution in [-0.4, -0.2) is 22.3 Å². The normalized spacial score (nSPS) is 10.3. The van der Waals surface area contributed by atoms with Gasteiger partial charge in [-0.15, -0.1) is 11.6 Å². The smallest absolute Gasteiger partial charge is 0.181 e. The molecule has 0 saturated carbocycles. The van der Waals surface area contributed by atoms with Gasteiger partial charge in [-0.3, -0.25) is 5.10 Å². The number of hydrogen-bond donors (Lipinski definition) is 1. The number of nitrogens with one attached hydrogen (secondary N) is 1. The third-order valence-electron chi connectivity index (χ3n) is 1.99. The van der Waals surface area contributed by atoms with Gasteiger partial charge in [-0.05, 0) is 12.1 Å². The molecule has 1 heterocycles. The summed E-state index contributed by atoms with van der Waals surface area (Å²) in [7, 11) is 1.63. The average Bonchev–Trinajstić information content (AvgIpc) is 2.78. The summed E-state index contributed by atoms with van der Waals surface area (Å²) in [5, 5.41) is 6.81. The van der Waals surface area contributed by atoms with Crippen LogP contribution in [-0.2, 0) is 5.88 Å². The third-order valence-corrected chi connectivity index (χ3v) is 2.24. The van der Waals surface area contributed by atoms with Crippen LogP contribution >= 0.6 is 11.6 Å². The van der Waals surface area contributed by atoms with Gasteiger partial charge in [0.1, 0.15) is 11.6 Å². The highest BCUT2D eigenvalue weighted by Crippen LogP contribution is 2.20. The Morgan fingerprint density at radius 2 is 2.33 bits per heavy atom. The molecule has 0 spiro atoms. The Morgan fingerprint density at radius 3 is 3.00 bits per heavy atom. The molecular weight excluding hydrogens is 214 g/mol. The molecule has 0 amide bonds. The highest BCUT2D eigenvalue weighted by molar-refractivity contribution is 6.16. The number of benzene rings is 1. The van der Waals surface area contributed by atoms with Gasteiger partial charge in [0, 0.05) is 5.56 Å². The highest BCUT2D eigenvalue weighted by Gasteiger charge is 2.05. The maximum atomic E-state index is 5.63. The summed E-state index contributed by atoms with van der Waals surface area (Å²) in [6, 6.07) is 7.56. The number of hydrogen-bond acceptors (Lipinski definition) is 3. The molecule has 0 aliphatic heterocycles. The molecule has 0 atom stereocenters. The molecule has 2 rings (SSSR count). The standard InChI is InChI=1S/C10H10ClN3O/c1-15-8-4-2-3-7(5-8)10-12-9(6-11)13-14-10/h2-5H,6H2,1H3,(H,12,13,14). The molecule has 0 radical (unpaired) electrons. The minimum Gasteiger partial charge on any atom is -0.497 e. The van der Waals surface area contributed by atoms with Gasteiger partial charge < -0.3 is 4.74 Å². The number of H-pyrrole nitrogens is 1. The van der Waals surface area contributed by atoms with Crippen LogP contribution in [0.2, 0.25) is 0 Å². The topological polar surface area (TPSA) is 50.8 Å². The average molecular weight is 224 g/mol. The Bertz CT molecular complexity index is 455. The molecule has 78 valence electrons. The van der Waals surface area contributed by atoms with Crippen LogP contribution in [0, 0.1) is 0 Å². The van der Waals surface area contributed by atoms with E-state index in [2.05, 4.69) is 15.2 Å². The zero-order valence-electron chi connectivity index (χ0n) is 8.20. The first-order valence-corrected chi connectivity index (χ1v) is 4.98. The van der Waals surface area contributed by atoms with Crippen molar-refractivity contribution in [3.8, 4) is 17.1 Å². The van der Waals surface area contributed by atoms with E-state index in [-0.39, 0.29) is 0 Å². The van der Waals surface area contributed by atoms with E-state index in [9.17, 15) is 0 Å². The first-order valence-electron chi connectivity index (χ1n) is 4.45. The van der Waals surface area contributed by atoms with Crippen LogP contribution in [0.15, 0.2) is 24.3 Å². The highest BCUT2D eigenvalue weighted by atomic mass is 35.5. The van der Waals surface area contributed by atoms with E-state index >= 15 is 0 Å². The lowest BCUT2D eigenvalue weighted by molar-refractivity contribution is 0.415. The Hall–Kier alpha value is -1.55. The largest absolute Gasteiger partial charge is 0.497 e. The first kappa shape index (κ1) is 9.98. The molecule has 0 aliphatic rings. The van der Waals surface area contributed by atoms with Crippen molar-refractivity contribution in [2.24, 2.45) is 0 Å². The second-order valence-corrected chi connectivity index (χ2v) is 3.24. The van der Waals surface area contributed by atoms with Crippen molar-refractivity contribution >= 4 is 11.6 Å². The fraction of sp³-hybridized carbons (Fsp3) is 0.200. The van der Waals surface area contributed by atoms with Gasteiger partial charge in [0.2, 0.25) is 0 Å². The Labute approximate surface area is 92.3 Å². The monoisotopic (exact) mass is 223 g/mol. The number of ether oxygens (including phenoxy) is 1. The van der Waals surface area contributed by atoms with Crippen molar-refractivity contribution < 1.29 is 4.74 Å². The summed E-state index contributed by atoms with van der Waals surface area (Å²) in [5.74, 6) is 2.40. The van der Waals surface area contributed by atoms with Crippen LogP contribution in [0.5, 0.6) is 5.75 Å². The van der Waals surface area contributed by atoms with E-state index in [4.69, 9.17) is 16.3 Å². The Kier molecular flexibility index (Phi) is 2.87. The van der Waals surface area contributed by atoms with Crippen LogP contribution in [0.25, 0.3) is 11.4 Å². The second-order valence-electron chi connectivity index (χ2n) is 2.97. The second kappa shape index (κ2) is 4.31. The molecule has 0 saturated heterocycles. The summed E-state index contributed by atoms with van der Waals surface area (Å²) < 4.78 is 5.12. The summed E-state index contributed by atoms with van der Waals surface area (Å²) >= 11 is 5.63. The molecule has 2 aromatic rings. The number of halogens is 1. The summed E-state index contributed by atoms with van der Waals surface area (Å²) in [6.45, 7) is 0. The molecule has 0 bridgehead atoms. The van der Waals surface area contributed by atoms with Crippen LogP contribution in [0.4, 0.5) is 0 Å². The van der Waals surface area contributed by atoms with Gasteiger partial charge in [0.25, 0.3) is 0 Å². The van der Waals surface area contributed by atoms with E-state index in [1.165, 1.54) is 0 Å². The number of aromatic nitrogens is 3. The van der Waals surface area contributed by atoms with E-state index < -0.39 is 0 Å². The maximum Gasteiger partial charge on any atom is 0.181 e. The van der Waals surface area contributed by atoms with Crippen molar-refractivity contribution in [3.05, 3.63) is 30.1 Å². The SMILES string of the molecule is COc1cccc(-c2n[nH]c(CCl)n2)c1. The van der Waals surface area contributed by atoms with Crippen molar-refractivity contribution in [3.63, 3.8) is 0 Å². The third kappa shape index (κ3) is 2.10. The van der Waals surface area contributed by atoms with E-state index in [1.54, 1.807) is 7.11 Å². The predicted molar refractivity (Wildman–Crippen MR) is 57.9 cm³/mol. The molecule has 0 aliphatic carbocycles. The molecule has 0 fully saturated rings. The zero-order valence-corrected chi connectivity index (χ0v) is 8.95.